The Kier molecular flexibility index (Phi) is 6.74. The lowest BCUT2D eigenvalue weighted by molar-refractivity contribution is -0.133. The molecule has 0 saturated carbocycles. The summed E-state index contributed by atoms with van der Waals surface area (Å²) in [6.45, 7) is 3.17. The molecule has 0 saturated heterocycles. The van der Waals surface area contributed by atoms with E-state index < -0.39 is 0 Å². The molecule has 0 heterocycles. The summed E-state index contributed by atoms with van der Waals surface area (Å²) in [6, 6.07) is 7.08. The summed E-state index contributed by atoms with van der Waals surface area (Å²) >= 11 is 0. The second-order valence-corrected chi connectivity index (χ2v) is 4.01. The first kappa shape index (κ1) is 15.3. The van der Waals surface area contributed by atoms with Crippen LogP contribution in [-0.4, -0.2) is 49.3 Å². The molecule has 1 N–H and O–H groups in total. The van der Waals surface area contributed by atoms with Gasteiger partial charge >= 0.3 is 0 Å². The number of amides is 1. The lowest BCUT2D eigenvalue weighted by Crippen LogP contribution is -2.35. The highest BCUT2D eigenvalue weighted by Crippen LogP contribution is 2.16. The Labute approximate surface area is 113 Å². The minimum atomic E-state index is -0.0771. The average molecular weight is 267 g/mol. The van der Waals surface area contributed by atoms with Gasteiger partial charge in [0.1, 0.15) is 11.5 Å². The van der Waals surface area contributed by atoms with Crippen LogP contribution in [0.3, 0.4) is 0 Å². The van der Waals surface area contributed by atoms with Crippen LogP contribution in [0.1, 0.15) is 13.3 Å². The molecular formula is C14H21NO4. The number of nitrogens with zero attached hydrogens (tertiary/aromatic N) is 1. The van der Waals surface area contributed by atoms with Gasteiger partial charge in [0.2, 0.25) is 0 Å². The van der Waals surface area contributed by atoms with Crippen molar-refractivity contribution in [3.05, 3.63) is 24.3 Å². The van der Waals surface area contributed by atoms with Crippen molar-refractivity contribution in [2.24, 2.45) is 0 Å². The third kappa shape index (κ3) is 5.18. The molecule has 0 fully saturated rings. The zero-order chi connectivity index (χ0) is 14.1. The van der Waals surface area contributed by atoms with E-state index in [1.807, 2.05) is 6.92 Å². The van der Waals surface area contributed by atoms with Gasteiger partial charge in [0.05, 0.1) is 7.11 Å². The van der Waals surface area contributed by atoms with Crippen molar-refractivity contribution in [1.82, 2.24) is 4.90 Å². The number of methoxy groups -OCH3 is 1. The van der Waals surface area contributed by atoms with Crippen molar-refractivity contribution in [3.8, 4) is 11.5 Å². The van der Waals surface area contributed by atoms with Crippen molar-refractivity contribution in [2.75, 3.05) is 33.4 Å². The average Bonchev–Trinajstić information content (AvgIpc) is 2.46. The van der Waals surface area contributed by atoms with Crippen LogP contribution < -0.4 is 9.47 Å². The molecule has 1 amide bonds. The normalized spacial score (nSPS) is 10.1. The zero-order valence-electron chi connectivity index (χ0n) is 11.5. The van der Waals surface area contributed by atoms with Crippen molar-refractivity contribution < 1.29 is 19.4 Å². The molecule has 0 radical (unpaired) electrons. The molecule has 1 rings (SSSR count). The van der Waals surface area contributed by atoms with Crippen molar-refractivity contribution in [3.63, 3.8) is 0 Å². The Morgan fingerprint density at radius 2 is 1.89 bits per heavy atom. The van der Waals surface area contributed by atoms with E-state index in [0.717, 1.165) is 5.75 Å². The molecule has 0 bridgehead atoms. The van der Waals surface area contributed by atoms with Crippen molar-refractivity contribution >= 4 is 5.91 Å². The molecule has 0 aliphatic rings. The molecule has 5 nitrogen and oxygen atoms in total. The predicted octanol–water partition coefficient (Wildman–Crippen LogP) is 1.30. The van der Waals surface area contributed by atoms with Crippen LogP contribution >= 0.6 is 0 Å². The van der Waals surface area contributed by atoms with Crippen LogP contribution in [-0.2, 0) is 4.79 Å². The number of aliphatic hydroxyl groups is 1. The van der Waals surface area contributed by atoms with Gasteiger partial charge in [0, 0.05) is 19.7 Å². The van der Waals surface area contributed by atoms with Crippen LogP contribution in [0.15, 0.2) is 24.3 Å². The molecule has 0 aliphatic heterocycles. The summed E-state index contributed by atoms with van der Waals surface area (Å²) in [7, 11) is 1.60. The number of hydrogen-bond donors (Lipinski definition) is 1. The Hall–Kier alpha value is -1.75. The number of rotatable bonds is 8. The first-order valence-corrected chi connectivity index (χ1v) is 6.36. The molecule has 19 heavy (non-hydrogen) atoms. The number of hydrogen-bond acceptors (Lipinski definition) is 4. The minimum Gasteiger partial charge on any atom is -0.497 e. The van der Waals surface area contributed by atoms with Crippen LogP contribution in [0.2, 0.25) is 0 Å². The quantitative estimate of drug-likeness (QED) is 0.771. The van der Waals surface area contributed by atoms with E-state index in [1.54, 1.807) is 36.3 Å². The first-order chi connectivity index (χ1) is 9.21. The summed E-state index contributed by atoms with van der Waals surface area (Å²) < 4.78 is 10.5. The van der Waals surface area contributed by atoms with Gasteiger partial charge in [-0.05, 0) is 37.6 Å². The van der Waals surface area contributed by atoms with Gasteiger partial charge in [-0.1, -0.05) is 0 Å². The number of ether oxygens (including phenoxy) is 2. The van der Waals surface area contributed by atoms with Crippen molar-refractivity contribution in [2.45, 2.75) is 13.3 Å². The van der Waals surface area contributed by atoms with Crippen LogP contribution in [0.25, 0.3) is 0 Å². The Morgan fingerprint density at radius 1 is 1.26 bits per heavy atom. The van der Waals surface area contributed by atoms with Crippen LogP contribution in [0, 0.1) is 0 Å². The van der Waals surface area contributed by atoms with Gasteiger partial charge in [0.15, 0.2) is 6.61 Å². The summed E-state index contributed by atoms with van der Waals surface area (Å²) in [5.41, 5.74) is 0. The molecule has 1 aromatic rings. The van der Waals surface area contributed by atoms with E-state index in [-0.39, 0.29) is 19.1 Å². The Bertz CT molecular complexity index is 378. The summed E-state index contributed by atoms with van der Waals surface area (Å²) in [5.74, 6) is 1.30. The Balaban J connectivity index is 2.43. The molecule has 0 aromatic heterocycles. The molecule has 0 atom stereocenters. The maximum Gasteiger partial charge on any atom is 0.260 e. The summed E-state index contributed by atoms with van der Waals surface area (Å²) in [6.07, 6.45) is 0.585. The number of carbonyl (C=O) groups is 1. The van der Waals surface area contributed by atoms with Gasteiger partial charge < -0.3 is 19.5 Å². The molecule has 5 heteroatoms. The SMILES string of the molecule is CCN(CCCO)C(=O)COc1ccc(OC)cc1. The highest BCUT2D eigenvalue weighted by Gasteiger charge is 2.11. The predicted molar refractivity (Wildman–Crippen MR) is 72.4 cm³/mol. The van der Waals surface area contributed by atoms with E-state index in [2.05, 4.69) is 0 Å². The molecule has 1 aromatic carbocycles. The van der Waals surface area contributed by atoms with E-state index >= 15 is 0 Å². The maximum atomic E-state index is 11.9. The van der Waals surface area contributed by atoms with Crippen LogP contribution in [0.5, 0.6) is 11.5 Å². The van der Waals surface area contributed by atoms with E-state index in [4.69, 9.17) is 14.6 Å². The van der Waals surface area contributed by atoms with Gasteiger partial charge in [-0.2, -0.15) is 0 Å². The van der Waals surface area contributed by atoms with Crippen LogP contribution in [0.4, 0.5) is 0 Å². The zero-order valence-corrected chi connectivity index (χ0v) is 11.5. The summed E-state index contributed by atoms with van der Waals surface area (Å²) in [5, 5.41) is 8.77. The van der Waals surface area contributed by atoms with Gasteiger partial charge in [-0.25, -0.2) is 0 Å². The fraction of sp³-hybridized carbons (Fsp3) is 0.500. The fourth-order valence-corrected chi connectivity index (χ4v) is 1.63. The minimum absolute atomic E-state index is 0.00555. The lowest BCUT2D eigenvalue weighted by atomic mass is 10.3. The lowest BCUT2D eigenvalue weighted by Gasteiger charge is -2.20. The largest absolute Gasteiger partial charge is 0.497 e. The van der Waals surface area contributed by atoms with Gasteiger partial charge in [0.25, 0.3) is 5.91 Å². The third-order valence-electron chi connectivity index (χ3n) is 2.74. The Morgan fingerprint density at radius 3 is 2.42 bits per heavy atom. The second kappa shape index (κ2) is 8.37. The summed E-state index contributed by atoms with van der Waals surface area (Å²) in [4.78, 5) is 13.5. The molecule has 0 spiro atoms. The highest BCUT2D eigenvalue weighted by atomic mass is 16.5. The molecular weight excluding hydrogens is 246 g/mol. The van der Waals surface area contributed by atoms with Crippen molar-refractivity contribution in [1.29, 1.82) is 0 Å². The molecule has 106 valence electrons. The van der Waals surface area contributed by atoms with E-state index in [9.17, 15) is 4.79 Å². The number of likely N-dealkylation sites (N-methyl/N-ethyl adjacent to an activating group) is 1. The third-order valence-corrected chi connectivity index (χ3v) is 2.74. The van der Waals surface area contributed by atoms with E-state index in [1.165, 1.54) is 0 Å². The number of benzene rings is 1. The molecule has 0 aliphatic carbocycles. The standard InChI is InChI=1S/C14H21NO4/c1-3-15(9-4-10-16)14(17)11-19-13-7-5-12(18-2)6-8-13/h5-8,16H,3-4,9-11H2,1-2H3. The number of carbonyl (C=O) groups excluding carboxylic acids is 1. The number of aliphatic hydroxyl groups excluding tert-OH is 1. The first-order valence-electron chi connectivity index (χ1n) is 6.36. The van der Waals surface area contributed by atoms with Gasteiger partial charge in [-0.3, -0.25) is 4.79 Å². The maximum absolute atomic E-state index is 11.9. The monoisotopic (exact) mass is 267 g/mol. The molecule has 0 unspecified atom stereocenters. The van der Waals surface area contributed by atoms with Gasteiger partial charge in [-0.15, -0.1) is 0 Å². The second-order valence-electron chi connectivity index (χ2n) is 4.01. The van der Waals surface area contributed by atoms with E-state index in [0.29, 0.717) is 25.3 Å². The smallest absolute Gasteiger partial charge is 0.260 e. The highest BCUT2D eigenvalue weighted by molar-refractivity contribution is 5.77. The fourth-order valence-electron chi connectivity index (χ4n) is 1.63. The topological polar surface area (TPSA) is 59.0 Å².